The summed E-state index contributed by atoms with van der Waals surface area (Å²) in [5, 5.41) is 3.35. The van der Waals surface area contributed by atoms with E-state index >= 15 is 0 Å². The maximum Gasteiger partial charge on any atom is 0.243 e. The van der Waals surface area contributed by atoms with E-state index in [0.29, 0.717) is 24.0 Å². The van der Waals surface area contributed by atoms with Gasteiger partial charge in [0, 0.05) is 13.1 Å². The summed E-state index contributed by atoms with van der Waals surface area (Å²) in [4.78, 5) is 27.8. The molecule has 1 saturated heterocycles. The van der Waals surface area contributed by atoms with Crippen molar-refractivity contribution in [1.82, 2.24) is 5.32 Å². The zero-order valence-corrected chi connectivity index (χ0v) is 17.1. The molecular formula is C20H29N3O2S. The lowest BCUT2D eigenvalue weighted by Gasteiger charge is -2.22. The Kier molecular flexibility index (Phi) is 7.26. The Balaban J connectivity index is 0.000000352. The number of hydrogen-bond acceptors (Lipinski definition) is 4. The summed E-state index contributed by atoms with van der Waals surface area (Å²) >= 11 is 1.53. The van der Waals surface area contributed by atoms with Gasteiger partial charge in [-0.1, -0.05) is 37.7 Å². The van der Waals surface area contributed by atoms with E-state index in [2.05, 4.69) is 42.4 Å². The van der Waals surface area contributed by atoms with Gasteiger partial charge in [-0.3, -0.25) is 19.5 Å². The number of nitrogens with zero attached hydrogens (tertiary/aromatic N) is 2. The maximum atomic E-state index is 12.2. The highest BCUT2D eigenvalue weighted by Gasteiger charge is 2.32. The molecule has 1 aliphatic heterocycles. The highest BCUT2D eigenvalue weighted by molar-refractivity contribution is 8.15. The van der Waals surface area contributed by atoms with Crippen LogP contribution in [0.1, 0.15) is 63.5 Å². The van der Waals surface area contributed by atoms with Crippen LogP contribution in [-0.2, 0) is 9.59 Å². The van der Waals surface area contributed by atoms with Gasteiger partial charge in [0.05, 0.1) is 11.4 Å². The lowest BCUT2D eigenvalue weighted by Crippen LogP contribution is -2.30. The number of thioether (sulfide) groups is 1. The van der Waals surface area contributed by atoms with E-state index in [0.717, 1.165) is 10.9 Å². The van der Waals surface area contributed by atoms with Crippen LogP contribution < -0.4 is 10.2 Å². The zero-order chi connectivity index (χ0) is 19.3. The van der Waals surface area contributed by atoms with Gasteiger partial charge in [-0.05, 0) is 55.7 Å². The summed E-state index contributed by atoms with van der Waals surface area (Å²) in [6.07, 6.45) is 3.25. The first-order valence-corrected chi connectivity index (χ1v) is 10.1. The third kappa shape index (κ3) is 5.10. The number of aliphatic imine (C=N–C) groups is 1. The highest BCUT2D eigenvalue weighted by atomic mass is 32.2. The Morgan fingerprint density at radius 2 is 1.96 bits per heavy atom. The Morgan fingerprint density at radius 1 is 1.27 bits per heavy atom. The SMILES string of the molecule is CC(C)NC=O.CN=C1SCC(=O)N1c1cc(C2CC2)ccc1C(C)C. The van der Waals surface area contributed by atoms with Crippen LogP contribution in [-0.4, -0.2) is 36.3 Å². The summed E-state index contributed by atoms with van der Waals surface area (Å²) in [6.45, 7) is 8.17. The standard InChI is InChI=1S/C16H20N2OS.C4H9NO/c1-10(2)13-7-6-12(11-4-5-11)8-14(13)18-15(19)9-20-16(18)17-3;1-4(2)5-3-6/h6-8,10-11H,4-5,9H2,1-3H3;3-4H,1-2H3,(H,5,6). The first-order chi connectivity index (χ1) is 12.4. The summed E-state index contributed by atoms with van der Waals surface area (Å²) in [7, 11) is 1.76. The molecule has 2 fully saturated rings. The molecular weight excluding hydrogens is 346 g/mol. The van der Waals surface area contributed by atoms with Gasteiger partial charge in [-0.25, -0.2) is 0 Å². The minimum absolute atomic E-state index is 0.144. The van der Waals surface area contributed by atoms with Gasteiger partial charge in [0.15, 0.2) is 5.17 Å². The lowest BCUT2D eigenvalue weighted by molar-refractivity contribution is -0.115. The Morgan fingerprint density at radius 3 is 2.42 bits per heavy atom. The second-order valence-electron chi connectivity index (χ2n) is 7.21. The minimum atomic E-state index is 0.144. The molecule has 1 aromatic rings. The Labute approximate surface area is 160 Å². The van der Waals surface area contributed by atoms with Crippen LogP contribution in [0.5, 0.6) is 0 Å². The van der Waals surface area contributed by atoms with E-state index in [1.165, 1.54) is 35.7 Å². The first kappa shape index (κ1) is 20.5. The summed E-state index contributed by atoms with van der Waals surface area (Å²) in [5.41, 5.74) is 3.64. The second-order valence-corrected chi connectivity index (χ2v) is 8.15. The fourth-order valence-corrected chi connectivity index (χ4v) is 3.65. The Bertz CT molecular complexity index is 682. The van der Waals surface area contributed by atoms with Crippen molar-refractivity contribution in [2.45, 2.75) is 58.4 Å². The zero-order valence-electron chi connectivity index (χ0n) is 16.3. The van der Waals surface area contributed by atoms with Crippen molar-refractivity contribution in [3.8, 4) is 0 Å². The summed E-state index contributed by atoms with van der Waals surface area (Å²) in [6, 6.07) is 6.91. The third-order valence-corrected chi connectivity index (χ3v) is 5.34. The second kappa shape index (κ2) is 9.21. The minimum Gasteiger partial charge on any atom is -0.357 e. The molecule has 1 aliphatic carbocycles. The molecule has 6 heteroatoms. The van der Waals surface area contributed by atoms with Gasteiger partial charge >= 0.3 is 0 Å². The van der Waals surface area contributed by atoms with Crippen LogP contribution in [0.3, 0.4) is 0 Å². The topological polar surface area (TPSA) is 61.8 Å². The van der Waals surface area contributed by atoms with Gasteiger partial charge in [-0.15, -0.1) is 0 Å². The van der Waals surface area contributed by atoms with Crippen LogP contribution in [0.15, 0.2) is 23.2 Å². The van der Waals surface area contributed by atoms with Gasteiger partial charge in [0.25, 0.3) is 0 Å². The fourth-order valence-electron chi connectivity index (χ4n) is 2.81. The number of benzene rings is 1. The quantitative estimate of drug-likeness (QED) is 0.794. The molecule has 2 aliphatic rings. The van der Waals surface area contributed by atoms with E-state index in [4.69, 9.17) is 0 Å². The molecule has 1 heterocycles. The van der Waals surface area contributed by atoms with Crippen molar-refractivity contribution in [2.24, 2.45) is 4.99 Å². The van der Waals surface area contributed by atoms with E-state index < -0.39 is 0 Å². The van der Waals surface area contributed by atoms with Crippen molar-refractivity contribution in [1.29, 1.82) is 0 Å². The van der Waals surface area contributed by atoms with Gasteiger partial charge in [0.2, 0.25) is 12.3 Å². The predicted octanol–water partition coefficient (Wildman–Crippen LogP) is 3.89. The van der Waals surface area contributed by atoms with Gasteiger partial charge in [-0.2, -0.15) is 0 Å². The van der Waals surface area contributed by atoms with E-state index in [1.807, 2.05) is 18.7 Å². The number of amidine groups is 1. The first-order valence-electron chi connectivity index (χ1n) is 9.15. The van der Waals surface area contributed by atoms with E-state index in [-0.39, 0.29) is 11.9 Å². The molecule has 0 spiro atoms. The Hall–Kier alpha value is -1.82. The molecule has 1 saturated carbocycles. The predicted molar refractivity (Wildman–Crippen MR) is 110 cm³/mol. The highest BCUT2D eigenvalue weighted by Crippen LogP contribution is 2.43. The number of nitrogens with one attached hydrogen (secondary N) is 1. The van der Waals surface area contributed by atoms with Crippen molar-refractivity contribution < 1.29 is 9.59 Å². The van der Waals surface area contributed by atoms with Crippen molar-refractivity contribution in [2.75, 3.05) is 17.7 Å². The molecule has 5 nitrogen and oxygen atoms in total. The lowest BCUT2D eigenvalue weighted by atomic mass is 9.97. The molecule has 0 unspecified atom stereocenters. The number of carbonyl (C=O) groups excluding carboxylic acids is 2. The van der Waals surface area contributed by atoms with Crippen LogP contribution in [0, 0.1) is 0 Å². The normalized spacial score (nSPS) is 18.3. The summed E-state index contributed by atoms with van der Waals surface area (Å²) in [5.74, 6) is 1.74. The van der Waals surface area contributed by atoms with Gasteiger partial charge in [0.1, 0.15) is 0 Å². The molecule has 1 aromatic carbocycles. The molecule has 2 amide bonds. The van der Waals surface area contributed by atoms with Crippen LogP contribution >= 0.6 is 11.8 Å². The number of hydrogen-bond donors (Lipinski definition) is 1. The van der Waals surface area contributed by atoms with Gasteiger partial charge < -0.3 is 5.32 Å². The van der Waals surface area contributed by atoms with E-state index in [9.17, 15) is 9.59 Å². The monoisotopic (exact) mass is 375 g/mol. The van der Waals surface area contributed by atoms with Crippen LogP contribution in [0.2, 0.25) is 0 Å². The number of rotatable bonds is 5. The average molecular weight is 376 g/mol. The summed E-state index contributed by atoms with van der Waals surface area (Å²) < 4.78 is 0. The van der Waals surface area contributed by atoms with Crippen molar-refractivity contribution >= 4 is 34.9 Å². The molecule has 0 bridgehead atoms. The molecule has 142 valence electrons. The van der Waals surface area contributed by atoms with Crippen molar-refractivity contribution in [3.63, 3.8) is 0 Å². The number of amides is 2. The van der Waals surface area contributed by atoms with Crippen LogP contribution in [0.25, 0.3) is 0 Å². The molecule has 0 aromatic heterocycles. The number of carbonyl (C=O) groups is 2. The van der Waals surface area contributed by atoms with Crippen molar-refractivity contribution in [3.05, 3.63) is 29.3 Å². The smallest absolute Gasteiger partial charge is 0.243 e. The maximum absolute atomic E-state index is 12.2. The van der Waals surface area contributed by atoms with Crippen LogP contribution in [0.4, 0.5) is 5.69 Å². The number of anilines is 1. The molecule has 0 radical (unpaired) electrons. The average Bonchev–Trinajstić information content (AvgIpc) is 3.37. The molecule has 26 heavy (non-hydrogen) atoms. The molecule has 0 atom stereocenters. The third-order valence-electron chi connectivity index (χ3n) is 4.32. The molecule has 1 N–H and O–H groups in total. The molecule has 3 rings (SSSR count). The van der Waals surface area contributed by atoms with E-state index in [1.54, 1.807) is 7.05 Å². The largest absolute Gasteiger partial charge is 0.357 e. The fraction of sp³-hybridized carbons (Fsp3) is 0.550.